The average Bonchev–Trinajstić information content (AvgIpc) is 3.40. The fourth-order valence-corrected chi connectivity index (χ4v) is 6.27. The summed E-state index contributed by atoms with van der Waals surface area (Å²) in [5.74, 6) is 0.499. The van der Waals surface area contributed by atoms with Gasteiger partial charge in [0.2, 0.25) is 0 Å². The minimum Gasteiger partial charge on any atom is -0.370 e. The molecule has 0 unspecified atom stereocenters. The van der Waals surface area contributed by atoms with E-state index in [1.165, 1.54) is 61.6 Å². The molecule has 0 bridgehead atoms. The molecule has 0 amide bonds. The van der Waals surface area contributed by atoms with Crippen molar-refractivity contribution in [2.75, 3.05) is 6.61 Å². The van der Waals surface area contributed by atoms with E-state index in [4.69, 9.17) is 4.74 Å². The van der Waals surface area contributed by atoms with Gasteiger partial charge in [0.25, 0.3) is 0 Å². The summed E-state index contributed by atoms with van der Waals surface area (Å²) in [7, 11) is 0. The molecule has 150 valence electrons. The number of fused-ring (bicyclic) bond motifs is 4. The van der Waals surface area contributed by atoms with Gasteiger partial charge >= 0.3 is 0 Å². The summed E-state index contributed by atoms with van der Waals surface area (Å²) < 4.78 is 21.2. The highest BCUT2D eigenvalue weighted by molar-refractivity contribution is 5.82. The molecule has 6 rings (SSSR count). The van der Waals surface area contributed by atoms with Gasteiger partial charge in [-0.1, -0.05) is 6.92 Å². The summed E-state index contributed by atoms with van der Waals surface area (Å²) in [4.78, 5) is 0. The summed E-state index contributed by atoms with van der Waals surface area (Å²) in [6, 6.07) is 11.4. The van der Waals surface area contributed by atoms with Gasteiger partial charge in [-0.15, -0.1) is 0 Å². The van der Waals surface area contributed by atoms with Crippen molar-refractivity contribution in [2.45, 2.75) is 62.9 Å². The molecular formula is C25H27FN2O. The van der Waals surface area contributed by atoms with Gasteiger partial charge in [0.05, 0.1) is 29.6 Å². The Bertz CT molecular complexity index is 1080. The van der Waals surface area contributed by atoms with Crippen molar-refractivity contribution in [3.8, 4) is 5.69 Å². The van der Waals surface area contributed by atoms with Crippen LogP contribution < -0.4 is 0 Å². The van der Waals surface area contributed by atoms with E-state index in [2.05, 4.69) is 24.2 Å². The Kier molecular flexibility index (Phi) is 3.74. The van der Waals surface area contributed by atoms with E-state index >= 15 is 0 Å². The molecule has 29 heavy (non-hydrogen) atoms. The molecule has 2 fully saturated rings. The summed E-state index contributed by atoms with van der Waals surface area (Å²) in [5, 5.41) is 5.83. The Labute approximate surface area is 170 Å². The zero-order valence-corrected chi connectivity index (χ0v) is 17.0. The normalized spacial score (nSPS) is 30.8. The lowest BCUT2D eigenvalue weighted by atomic mass is 9.58. The molecule has 3 aromatic rings. The van der Waals surface area contributed by atoms with E-state index in [0.717, 1.165) is 30.1 Å². The topological polar surface area (TPSA) is 30.4 Å². The van der Waals surface area contributed by atoms with E-state index in [-0.39, 0.29) is 16.8 Å². The predicted octanol–water partition coefficient (Wildman–Crippen LogP) is 5.72. The second-order valence-electron chi connectivity index (χ2n) is 9.38. The second kappa shape index (κ2) is 6.15. The number of halogens is 1. The van der Waals surface area contributed by atoms with Crippen molar-refractivity contribution >= 4 is 10.9 Å². The molecule has 4 heteroatoms. The van der Waals surface area contributed by atoms with Gasteiger partial charge in [0, 0.05) is 5.39 Å². The number of rotatable bonds is 2. The Balaban J connectivity index is 1.49. The van der Waals surface area contributed by atoms with Crippen LogP contribution in [0.25, 0.3) is 16.6 Å². The van der Waals surface area contributed by atoms with Crippen LogP contribution in [0, 0.1) is 11.7 Å². The van der Waals surface area contributed by atoms with Crippen LogP contribution in [0.1, 0.15) is 56.6 Å². The molecule has 3 atom stereocenters. The van der Waals surface area contributed by atoms with Crippen molar-refractivity contribution in [1.82, 2.24) is 9.78 Å². The summed E-state index contributed by atoms with van der Waals surface area (Å²) in [6.45, 7) is 3.35. The second-order valence-corrected chi connectivity index (χ2v) is 9.38. The van der Waals surface area contributed by atoms with E-state index in [1.54, 1.807) is 17.7 Å². The average molecular weight is 391 g/mol. The van der Waals surface area contributed by atoms with E-state index in [9.17, 15) is 4.39 Å². The molecule has 1 saturated heterocycles. The fraction of sp³-hybridized carbons (Fsp3) is 0.480. The summed E-state index contributed by atoms with van der Waals surface area (Å²) in [5.41, 5.74) is 5.56. The molecular weight excluding hydrogens is 363 g/mol. The van der Waals surface area contributed by atoms with E-state index in [0.29, 0.717) is 0 Å². The van der Waals surface area contributed by atoms with E-state index in [1.807, 2.05) is 10.9 Å². The maximum atomic E-state index is 13.4. The van der Waals surface area contributed by atoms with Crippen molar-refractivity contribution in [2.24, 2.45) is 5.92 Å². The van der Waals surface area contributed by atoms with Crippen molar-refractivity contribution in [3.05, 3.63) is 59.5 Å². The largest absolute Gasteiger partial charge is 0.370 e. The number of aromatic nitrogens is 2. The monoisotopic (exact) mass is 390 g/mol. The maximum absolute atomic E-state index is 13.4. The van der Waals surface area contributed by atoms with Crippen molar-refractivity contribution in [1.29, 1.82) is 0 Å². The molecule has 3 aliphatic rings. The highest BCUT2D eigenvalue weighted by atomic mass is 19.1. The molecule has 1 saturated carbocycles. The highest BCUT2D eigenvalue weighted by Crippen LogP contribution is 2.57. The Morgan fingerprint density at radius 2 is 2.03 bits per heavy atom. The van der Waals surface area contributed by atoms with Crippen LogP contribution in [-0.2, 0) is 16.6 Å². The molecule has 3 nitrogen and oxygen atoms in total. The first-order valence-corrected chi connectivity index (χ1v) is 11.0. The molecule has 1 spiro atoms. The number of aryl methyl sites for hydroxylation is 1. The Hall–Kier alpha value is -2.20. The third-order valence-electron chi connectivity index (χ3n) is 8.01. The van der Waals surface area contributed by atoms with E-state index < -0.39 is 0 Å². The van der Waals surface area contributed by atoms with Crippen LogP contribution in [0.3, 0.4) is 0 Å². The van der Waals surface area contributed by atoms with Gasteiger partial charge < -0.3 is 4.74 Å². The van der Waals surface area contributed by atoms with Crippen LogP contribution >= 0.6 is 0 Å². The molecule has 1 aromatic heterocycles. The highest BCUT2D eigenvalue weighted by Gasteiger charge is 2.56. The van der Waals surface area contributed by atoms with Gasteiger partial charge in [-0.25, -0.2) is 9.07 Å². The first-order chi connectivity index (χ1) is 14.1. The summed E-state index contributed by atoms with van der Waals surface area (Å²) >= 11 is 0. The third kappa shape index (κ3) is 2.61. The zero-order valence-electron chi connectivity index (χ0n) is 17.0. The molecule has 2 aliphatic carbocycles. The lowest BCUT2D eigenvalue weighted by Crippen LogP contribution is -2.43. The number of hydrogen-bond acceptors (Lipinski definition) is 2. The van der Waals surface area contributed by atoms with Crippen LogP contribution in [-0.4, -0.2) is 22.0 Å². The molecule has 1 aliphatic heterocycles. The first-order valence-electron chi connectivity index (χ1n) is 11.0. The van der Waals surface area contributed by atoms with Crippen LogP contribution in [0.5, 0.6) is 0 Å². The fourth-order valence-electron chi connectivity index (χ4n) is 6.27. The maximum Gasteiger partial charge on any atom is 0.123 e. The number of epoxide rings is 1. The van der Waals surface area contributed by atoms with Crippen LogP contribution in [0.4, 0.5) is 4.39 Å². The quantitative estimate of drug-likeness (QED) is 0.524. The molecule has 2 heterocycles. The number of nitrogens with zero attached hydrogens (tertiary/aromatic N) is 2. The SMILES string of the molecule is CC[C@@]12CC[C@]3(CO3)C[C@H]1CCCc1cc3c(cnn3-c3ccc(F)cc3)cc12. The minimum atomic E-state index is -0.218. The number of hydrogen-bond donors (Lipinski definition) is 0. The number of ether oxygens (including phenoxy) is 1. The Morgan fingerprint density at radius 3 is 2.79 bits per heavy atom. The molecule has 2 aromatic carbocycles. The van der Waals surface area contributed by atoms with Gasteiger partial charge in [0.15, 0.2) is 0 Å². The van der Waals surface area contributed by atoms with Gasteiger partial charge in [-0.2, -0.15) is 5.10 Å². The zero-order chi connectivity index (χ0) is 19.6. The predicted molar refractivity (Wildman–Crippen MR) is 112 cm³/mol. The smallest absolute Gasteiger partial charge is 0.123 e. The number of benzene rings is 2. The standard InChI is InChI=1S/C25H27FN2O/c1-2-25-11-10-24(16-29-24)14-19(25)5-3-4-17-13-23-18(12-22(17)25)15-27-28(23)21-8-6-20(26)7-9-21/h6-9,12-13,15,19H,2-5,10-11,14,16H2,1H3/t19-,24-,25-/m1/s1. The van der Waals surface area contributed by atoms with Crippen LogP contribution in [0.2, 0.25) is 0 Å². The summed E-state index contributed by atoms with van der Waals surface area (Å²) in [6.07, 6.45) is 10.5. The minimum absolute atomic E-state index is 0.214. The molecule has 0 N–H and O–H groups in total. The van der Waals surface area contributed by atoms with Gasteiger partial charge in [-0.3, -0.25) is 0 Å². The Morgan fingerprint density at radius 1 is 1.21 bits per heavy atom. The first kappa shape index (κ1) is 17.6. The molecule has 0 radical (unpaired) electrons. The van der Waals surface area contributed by atoms with Crippen molar-refractivity contribution < 1.29 is 9.13 Å². The van der Waals surface area contributed by atoms with Gasteiger partial charge in [0.1, 0.15) is 5.82 Å². The third-order valence-corrected chi connectivity index (χ3v) is 8.01. The lowest BCUT2D eigenvalue weighted by molar-refractivity contribution is 0.0970. The lowest BCUT2D eigenvalue weighted by Gasteiger charge is -2.46. The van der Waals surface area contributed by atoms with Crippen molar-refractivity contribution in [3.63, 3.8) is 0 Å². The van der Waals surface area contributed by atoms with Gasteiger partial charge in [-0.05, 0) is 104 Å². The van der Waals surface area contributed by atoms with Crippen LogP contribution in [0.15, 0.2) is 42.6 Å².